The maximum Gasteiger partial charge on any atom is 0.319 e. The maximum absolute atomic E-state index is 2.78. The summed E-state index contributed by atoms with van der Waals surface area (Å²) in [7, 11) is 0. The summed E-state index contributed by atoms with van der Waals surface area (Å²) in [5, 5.41) is 2.59. The molecule has 7 aromatic carbocycles. The monoisotopic (exact) mass is 819 g/mol. The fourth-order valence-electron chi connectivity index (χ4n) is 13.5. The molecule has 5 heteroatoms. The predicted molar refractivity (Wildman–Crippen MR) is 256 cm³/mol. The second-order valence-electron chi connectivity index (χ2n) is 19.8. The first-order valence-corrected chi connectivity index (χ1v) is 22.7. The molecule has 1 unspecified atom stereocenters. The van der Waals surface area contributed by atoms with E-state index in [0.29, 0.717) is 0 Å². The molecule has 0 amide bonds. The molecule has 6 aliphatic heterocycles. The van der Waals surface area contributed by atoms with Gasteiger partial charge in [0.05, 0.1) is 17.1 Å². The van der Waals surface area contributed by atoms with Crippen LogP contribution in [0.5, 0.6) is 0 Å². The average Bonchev–Trinajstić information content (AvgIpc) is 3.82. The van der Waals surface area contributed by atoms with Gasteiger partial charge < -0.3 is 4.90 Å². The molecular formula is C59H41N5+2. The molecule has 10 aromatic rings. The quantitative estimate of drug-likeness (QED) is 0.162. The van der Waals surface area contributed by atoms with E-state index in [1.165, 1.54) is 129 Å². The second-order valence-corrected chi connectivity index (χ2v) is 19.8. The van der Waals surface area contributed by atoms with Crippen molar-refractivity contribution in [1.29, 1.82) is 0 Å². The van der Waals surface area contributed by atoms with Gasteiger partial charge in [0.25, 0.3) is 11.6 Å². The summed E-state index contributed by atoms with van der Waals surface area (Å²) in [6, 6.07) is 67.0. The highest BCUT2D eigenvalue weighted by Crippen LogP contribution is 2.68. The van der Waals surface area contributed by atoms with Gasteiger partial charge in [0.15, 0.2) is 22.6 Å². The molecule has 3 aromatic heterocycles. The molecule has 1 spiro atoms. The summed E-state index contributed by atoms with van der Waals surface area (Å²) in [5.41, 5.74) is 22.9. The maximum atomic E-state index is 2.78. The summed E-state index contributed by atoms with van der Waals surface area (Å²) in [5.74, 6) is 2.36. The van der Waals surface area contributed by atoms with Crippen LogP contribution in [0.3, 0.4) is 0 Å². The van der Waals surface area contributed by atoms with Crippen molar-refractivity contribution in [1.82, 2.24) is 4.57 Å². The molecule has 300 valence electrons. The Morgan fingerprint density at radius 2 is 0.938 bits per heavy atom. The highest BCUT2D eigenvalue weighted by atomic mass is 15.5. The summed E-state index contributed by atoms with van der Waals surface area (Å²) < 4.78 is 8.18. The standard InChI is InChI=1S/C59H41N5/c1-57(2)41-23-13-16-26-46(41)62-51-32-37(35-19-9-6-10-20-35)30-49-48-29-36(34-17-7-5-8-18-34)31-50-61-44-24-14-11-21-38(44)39-33-43-56-53(54(39)61)59(63(48)50,64(49)51)52-47(28-27-42(57)55(52)62)60(56)45-25-15-12-22-40(45)58(43,3)4/h5-33H,1-4H3/q+2. The number of aromatic nitrogens is 3. The zero-order valence-electron chi connectivity index (χ0n) is 36.0. The number of hydrogen-bond donors (Lipinski definition) is 0. The minimum atomic E-state index is -0.772. The third kappa shape index (κ3) is 3.48. The molecule has 1 atom stereocenters. The van der Waals surface area contributed by atoms with Crippen molar-refractivity contribution in [2.24, 2.45) is 0 Å². The molecule has 0 bridgehead atoms. The van der Waals surface area contributed by atoms with Gasteiger partial charge in [-0.3, -0.25) is 0 Å². The van der Waals surface area contributed by atoms with Crippen LogP contribution in [0.1, 0.15) is 61.1 Å². The van der Waals surface area contributed by atoms with Crippen LogP contribution in [-0.4, -0.2) is 4.57 Å². The number of fused-ring (bicyclic) bond motifs is 11. The lowest BCUT2D eigenvalue weighted by Gasteiger charge is -2.52. The average molecular weight is 820 g/mol. The molecule has 0 fully saturated rings. The van der Waals surface area contributed by atoms with Crippen molar-refractivity contribution in [3.63, 3.8) is 0 Å². The van der Waals surface area contributed by atoms with Gasteiger partial charge in [-0.25, -0.2) is 0 Å². The van der Waals surface area contributed by atoms with Crippen LogP contribution < -0.4 is 18.9 Å². The Bertz CT molecular complexity index is 3860. The van der Waals surface area contributed by atoms with Gasteiger partial charge in [-0.15, -0.1) is 0 Å². The van der Waals surface area contributed by atoms with Crippen LogP contribution in [0.25, 0.3) is 61.3 Å². The molecule has 0 N–H and O–H groups in total. The normalized spacial score (nSPS) is 18.2. The molecule has 6 aliphatic rings. The Balaban J connectivity index is 1.21. The third-order valence-corrected chi connectivity index (χ3v) is 16.1. The smallest absolute Gasteiger partial charge is 0.308 e. The van der Waals surface area contributed by atoms with Gasteiger partial charge in [-0.2, -0.15) is 18.6 Å². The Hall–Kier alpha value is -7.76. The van der Waals surface area contributed by atoms with Crippen molar-refractivity contribution >= 4 is 56.1 Å². The Morgan fingerprint density at radius 1 is 0.391 bits per heavy atom. The molecular weight excluding hydrogens is 779 g/mol. The third-order valence-electron chi connectivity index (χ3n) is 16.1. The molecule has 0 aliphatic carbocycles. The molecule has 0 saturated heterocycles. The van der Waals surface area contributed by atoms with E-state index < -0.39 is 5.66 Å². The molecule has 64 heavy (non-hydrogen) atoms. The number of rotatable bonds is 2. The van der Waals surface area contributed by atoms with E-state index in [2.05, 4.69) is 227 Å². The van der Waals surface area contributed by atoms with Crippen molar-refractivity contribution < 1.29 is 9.13 Å². The van der Waals surface area contributed by atoms with E-state index in [9.17, 15) is 0 Å². The van der Waals surface area contributed by atoms with Crippen LogP contribution in [0.4, 0.5) is 34.3 Å². The SMILES string of the molecule is CC1(C)c2ccccc2N2c3c1ccc1c3C34c5c6c(cc7c8ccccc8n(c57)-c5cc(-c7ccccc7)cc([n+]53)-c3cc(-c5ccccc5)cc2[n+]34)C(C)(C)c2ccccc2N16. The highest BCUT2D eigenvalue weighted by molar-refractivity contribution is 6.15. The van der Waals surface area contributed by atoms with Crippen molar-refractivity contribution in [2.75, 3.05) is 9.80 Å². The number of hydrogen-bond acceptors (Lipinski definition) is 2. The summed E-state index contributed by atoms with van der Waals surface area (Å²) in [4.78, 5) is 5.32. The van der Waals surface area contributed by atoms with E-state index >= 15 is 0 Å². The van der Waals surface area contributed by atoms with Gasteiger partial charge in [-0.05, 0) is 81.9 Å². The Morgan fingerprint density at radius 3 is 1.62 bits per heavy atom. The van der Waals surface area contributed by atoms with Crippen molar-refractivity contribution in [3.05, 3.63) is 209 Å². The van der Waals surface area contributed by atoms with E-state index in [-0.39, 0.29) is 10.8 Å². The molecule has 9 heterocycles. The first-order valence-electron chi connectivity index (χ1n) is 22.7. The van der Waals surface area contributed by atoms with Gasteiger partial charge in [0.2, 0.25) is 0 Å². The molecule has 16 rings (SSSR count). The van der Waals surface area contributed by atoms with Gasteiger partial charge in [-0.1, -0.05) is 143 Å². The van der Waals surface area contributed by atoms with Gasteiger partial charge in [0.1, 0.15) is 22.3 Å². The van der Waals surface area contributed by atoms with Gasteiger partial charge >= 0.3 is 5.66 Å². The van der Waals surface area contributed by atoms with Crippen LogP contribution in [0.15, 0.2) is 176 Å². The van der Waals surface area contributed by atoms with Crippen LogP contribution in [0, 0.1) is 0 Å². The first kappa shape index (κ1) is 33.8. The molecule has 5 nitrogen and oxygen atoms in total. The number of nitrogens with zero attached hydrogens (tertiary/aromatic N) is 5. The van der Waals surface area contributed by atoms with E-state index in [1.807, 2.05) is 0 Å². The van der Waals surface area contributed by atoms with Crippen LogP contribution in [0.2, 0.25) is 0 Å². The minimum Gasteiger partial charge on any atom is -0.308 e. The Labute approximate surface area is 371 Å². The lowest BCUT2D eigenvalue weighted by Crippen LogP contribution is -2.76. The van der Waals surface area contributed by atoms with E-state index in [4.69, 9.17) is 0 Å². The molecule has 0 radical (unpaired) electrons. The zero-order chi connectivity index (χ0) is 42.2. The predicted octanol–water partition coefficient (Wildman–Crippen LogP) is 13.1. The second kappa shape index (κ2) is 10.7. The number of benzene rings is 7. The zero-order valence-corrected chi connectivity index (χ0v) is 36.0. The van der Waals surface area contributed by atoms with E-state index in [1.54, 1.807) is 0 Å². The highest BCUT2D eigenvalue weighted by Gasteiger charge is 2.72. The lowest BCUT2D eigenvalue weighted by molar-refractivity contribution is -0.931. The minimum absolute atomic E-state index is 0.273. The fourth-order valence-corrected chi connectivity index (χ4v) is 13.5. The lowest BCUT2D eigenvalue weighted by atomic mass is 9.66. The van der Waals surface area contributed by atoms with Gasteiger partial charge in [0, 0.05) is 44.9 Å². The fraction of sp³-hybridized carbons (Fsp3) is 0.119. The summed E-state index contributed by atoms with van der Waals surface area (Å²) in [6.07, 6.45) is 0. The Kier molecular flexibility index (Phi) is 5.65. The largest absolute Gasteiger partial charge is 0.319 e. The number of anilines is 6. The number of pyridine rings is 2. The molecule has 0 saturated carbocycles. The topological polar surface area (TPSA) is 19.2 Å². The van der Waals surface area contributed by atoms with Crippen LogP contribution >= 0.6 is 0 Å². The van der Waals surface area contributed by atoms with E-state index in [0.717, 1.165) is 0 Å². The number of para-hydroxylation sites is 3. The van der Waals surface area contributed by atoms with Crippen molar-refractivity contribution in [2.45, 2.75) is 44.2 Å². The van der Waals surface area contributed by atoms with Crippen molar-refractivity contribution in [3.8, 4) is 39.5 Å². The summed E-state index contributed by atoms with van der Waals surface area (Å²) in [6.45, 7) is 9.77. The first-order chi connectivity index (χ1) is 31.3. The summed E-state index contributed by atoms with van der Waals surface area (Å²) >= 11 is 0. The van der Waals surface area contributed by atoms with Crippen LogP contribution in [-0.2, 0) is 16.5 Å².